The van der Waals surface area contributed by atoms with E-state index in [4.69, 9.17) is 4.79 Å². The van der Waals surface area contributed by atoms with Gasteiger partial charge in [-0.15, -0.1) is 0 Å². The van der Waals surface area contributed by atoms with Crippen molar-refractivity contribution in [3.05, 3.63) is 323 Å². The summed E-state index contributed by atoms with van der Waals surface area (Å²) in [7, 11) is 0. The largest absolute Gasteiger partial charge is 0.545 e. The summed E-state index contributed by atoms with van der Waals surface area (Å²) in [5, 5.41) is 30.6. The number of carbonyl (C=O) groups is 3. The first-order valence-corrected chi connectivity index (χ1v) is 21.7. The molecule has 0 aliphatic rings. The first kappa shape index (κ1) is 51.8. The molecule has 0 saturated carbocycles. The maximum Gasteiger partial charge on any atom is 0.323 e. The van der Waals surface area contributed by atoms with E-state index in [1.54, 1.807) is 0 Å². The smallest absolute Gasteiger partial charge is 0.323 e. The molecule has 0 aromatic heterocycles. The van der Waals surface area contributed by atoms with E-state index in [1.165, 1.54) is 0 Å². The van der Waals surface area contributed by atoms with Crippen LogP contribution >= 0.6 is 0 Å². The Bertz CT molecular complexity index is 2310. The predicted octanol–water partition coefficient (Wildman–Crippen LogP) is 12.0. The van der Waals surface area contributed by atoms with E-state index in [0.29, 0.717) is 0 Å². The Morgan fingerprint density at radius 2 is 0.319 bits per heavy atom. The van der Waals surface area contributed by atoms with E-state index in [2.05, 4.69) is 6.79 Å². The van der Waals surface area contributed by atoms with Crippen molar-refractivity contribution in [2.24, 2.45) is 0 Å². The van der Waals surface area contributed by atoms with Gasteiger partial charge in [0.1, 0.15) is 16.2 Å². The average Bonchev–Trinajstić information content (AvgIpc) is 3.41. The Kier molecular flexibility index (Phi) is 18.8. The molecule has 9 aromatic carbocycles. The Balaban J connectivity index is 0.000000188. The van der Waals surface area contributed by atoms with Crippen LogP contribution in [0.2, 0.25) is 0 Å². The first-order chi connectivity index (χ1) is 33.3. The zero-order chi connectivity index (χ0) is 48.2. The molecule has 0 radical (unpaired) electrons. The molecule has 0 unspecified atom stereocenters. The van der Waals surface area contributed by atoms with Crippen LogP contribution in [0.4, 0.5) is 0 Å². The summed E-state index contributed by atoms with van der Waals surface area (Å²) >= 11 is 0. The second-order valence-corrected chi connectivity index (χ2v) is 15.5. The monoisotopic (exact) mass is 941 g/mol. The standard InChI is InChI=1S/3C20H16O2.CHO.Ti/c3*21-19(22)20(16-10-4-1-5-11-16,17-12-6-2-7-13-17)18-14-8-3-9-15-18;1-2;/h3*1-15H,(H,21,22);1H;/q;;;-1;. The van der Waals surface area contributed by atoms with Gasteiger partial charge >= 0.3 is 17.9 Å². The van der Waals surface area contributed by atoms with Crippen LogP contribution in [0.5, 0.6) is 0 Å². The molecule has 7 nitrogen and oxygen atoms in total. The summed E-state index contributed by atoms with van der Waals surface area (Å²) in [4.78, 5) is 45.0. The minimum Gasteiger partial charge on any atom is -0.545 e. The fourth-order valence-electron chi connectivity index (χ4n) is 8.80. The van der Waals surface area contributed by atoms with Crippen molar-refractivity contribution in [1.82, 2.24) is 0 Å². The molecule has 0 aliphatic heterocycles. The van der Waals surface area contributed by atoms with E-state index in [9.17, 15) is 29.7 Å². The third kappa shape index (κ3) is 10.8. The van der Waals surface area contributed by atoms with Crippen LogP contribution in [-0.4, -0.2) is 40.0 Å². The van der Waals surface area contributed by atoms with Crippen LogP contribution in [0.25, 0.3) is 0 Å². The second kappa shape index (κ2) is 25.1. The summed E-state index contributed by atoms with van der Waals surface area (Å²) in [5.74, 6) is -2.64. The van der Waals surface area contributed by atoms with Crippen molar-refractivity contribution in [2.75, 3.05) is 0 Å². The molecule has 0 atom stereocenters. The van der Waals surface area contributed by atoms with Gasteiger partial charge in [0.2, 0.25) is 0 Å². The fraction of sp³-hybridized carbons (Fsp3) is 0.0492. The molecular formula is C61H49O7Ti-. The van der Waals surface area contributed by atoms with Gasteiger partial charge in [-0.3, -0.25) is 21.2 Å². The molecular weight excluding hydrogens is 893 g/mol. The van der Waals surface area contributed by atoms with Crippen molar-refractivity contribution in [3.8, 4) is 0 Å². The summed E-state index contributed by atoms with van der Waals surface area (Å²) in [6.07, 6.45) is 0. The Morgan fingerprint density at radius 1 is 0.232 bits per heavy atom. The summed E-state index contributed by atoms with van der Waals surface area (Å²) in [5.41, 5.74) is 3.14. The molecule has 9 aromatic rings. The number of hydrogen-bond acceptors (Lipinski definition) is 4. The van der Waals surface area contributed by atoms with Gasteiger partial charge in [0.05, 0.1) is 0 Å². The van der Waals surface area contributed by atoms with Crippen molar-refractivity contribution >= 4 is 24.7 Å². The van der Waals surface area contributed by atoms with Gasteiger partial charge in [-0.2, -0.15) is 0 Å². The van der Waals surface area contributed by atoms with E-state index >= 15 is 0 Å². The SMILES string of the molecule is O=C(O)C(c1ccccc1)(c1ccccc1)c1ccccc1.O=C(O)C(c1ccccc1)(c1ccccc1)c1ccccc1.O=C(O)C(c1ccccc1)(c1ccccc1)c1ccccc1.[CH-]=O.[Ti]. The number of rotatable bonds is 12. The quantitative estimate of drug-likeness (QED) is 0.0481. The van der Waals surface area contributed by atoms with Crippen LogP contribution in [0.3, 0.4) is 0 Å². The van der Waals surface area contributed by atoms with Gasteiger partial charge in [0, 0.05) is 21.7 Å². The molecule has 340 valence electrons. The number of aliphatic carboxylic acids is 3. The average molecular weight is 942 g/mol. The van der Waals surface area contributed by atoms with Crippen LogP contribution in [0.15, 0.2) is 273 Å². The van der Waals surface area contributed by atoms with Crippen LogP contribution in [0.1, 0.15) is 50.1 Å². The summed E-state index contributed by atoms with van der Waals surface area (Å²) < 4.78 is 0. The van der Waals surface area contributed by atoms with Crippen molar-refractivity contribution in [1.29, 1.82) is 0 Å². The number of benzene rings is 9. The predicted molar refractivity (Wildman–Crippen MR) is 267 cm³/mol. The first-order valence-electron chi connectivity index (χ1n) is 21.7. The fourth-order valence-corrected chi connectivity index (χ4v) is 8.80. The number of carbonyl (C=O) groups excluding carboxylic acids is 1. The van der Waals surface area contributed by atoms with Crippen molar-refractivity contribution in [2.45, 2.75) is 16.2 Å². The van der Waals surface area contributed by atoms with E-state index in [-0.39, 0.29) is 21.7 Å². The molecule has 69 heavy (non-hydrogen) atoms. The third-order valence-corrected chi connectivity index (χ3v) is 11.8. The molecule has 0 heterocycles. The Labute approximate surface area is 417 Å². The van der Waals surface area contributed by atoms with Gasteiger partial charge in [-0.1, -0.05) is 273 Å². The second-order valence-electron chi connectivity index (χ2n) is 15.5. The molecule has 3 N–H and O–H groups in total. The topological polar surface area (TPSA) is 129 Å². The maximum atomic E-state index is 12.4. The van der Waals surface area contributed by atoms with Gasteiger partial charge in [-0.25, -0.2) is 0 Å². The minimum atomic E-state index is -1.20. The molecule has 0 aliphatic carbocycles. The Hall–Kier alpha value is -8.23. The normalized spacial score (nSPS) is 10.7. The molecule has 8 heteroatoms. The molecule has 0 amide bonds. The van der Waals surface area contributed by atoms with E-state index in [1.807, 2.05) is 273 Å². The van der Waals surface area contributed by atoms with Crippen LogP contribution in [0, 0.1) is 0 Å². The zero-order valence-electron chi connectivity index (χ0n) is 37.5. The molecule has 0 saturated heterocycles. The number of carboxylic acid groups (broad SMARTS) is 3. The van der Waals surface area contributed by atoms with Gasteiger partial charge in [0.15, 0.2) is 0 Å². The van der Waals surface area contributed by atoms with Crippen molar-refractivity contribution < 1.29 is 56.2 Å². The Morgan fingerprint density at radius 3 is 0.391 bits per heavy atom. The number of hydrogen-bond donors (Lipinski definition) is 3. The summed E-state index contributed by atoms with van der Waals surface area (Å²) in [6.45, 7) is 3.25. The maximum absolute atomic E-state index is 12.4. The van der Waals surface area contributed by atoms with E-state index < -0.39 is 34.2 Å². The van der Waals surface area contributed by atoms with E-state index in [0.717, 1.165) is 50.1 Å². The molecule has 0 bridgehead atoms. The van der Waals surface area contributed by atoms with Crippen LogP contribution < -0.4 is 0 Å². The molecule has 9 rings (SSSR count). The van der Waals surface area contributed by atoms with Gasteiger partial charge in [-0.05, 0) is 50.1 Å². The number of carboxylic acids is 3. The molecule has 0 spiro atoms. The van der Waals surface area contributed by atoms with Crippen LogP contribution in [-0.2, 0) is 57.1 Å². The van der Waals surface area contributed by atoms with Crippen molar-refractivity contribution in [3.63, 3.8) is 0 Å². The zero-order valence-corrected chi connectivity index (χ0v) is 39.1. The minimum absolute atomic E-state index is 0. The van der Waals surface area contributed by atoms with Gasteiger partial charge < -0.3 is 20.1 Å². The third-order valence-electron chi connectivity index (χ3n) is 11.8. The summed E-state index contributed by atoms with van der Waals surface area (Å²) in [6, 6.07) is 84.4. The van der Waals surface area contributed by atoms with Gasteiger partial charge in [0.25, 0.3) is 0 Å². The molecule has 0 fully saturated rings.